The number of hydrogen-bond donors (Lipinski definition) is 0. The van der Waals surface area contributed by atoms with Gasteiger partial charge in [0.1, 0.15) is 0 Å². The van der Waals surface area contributed by atoms with Gasteiger partial charge in [-0.25, -0.2) is 12.1 Å². The molecule has 1 rings (SSSR count). The Labute approximate surface area is 84.4 Å². The van der Waals surface area contributed by atoms with Gasteiger partial charge in [0.2, 0.25) is 0 Å². The van der Waals surface area contributed by atoms with Crippen LogP contribution in [-0.2, 0) is 25.9 Å². The van der Waals surface area contributed by atoms with Crippen molar-refractivity contribution >= 4 is 6.29 Å². The van der Waals surface area contributed by atoms with Crippen LogP contribution in [0.5, 0.6) is 0 Å². The molecule has 0 spiro atoms. The van der Waals surface area contributed by atoms with Crippen molar-refractivity contribution in [2.24, 2.45) is 0 Å². The molecule has 0 N–H and O–H groups in total. The second kappa shape index (κ2) is 22.6. The van der Waals surface area contributed by atoms with E-state index in [1.54, 1.807) is 0 Å². The zero-order valence-corrected chi connectivity index (χ0v) is 9.38. The van der Waals surface area contributed by atoms with E-state index in [1.165, 1.54) is 13.2 Å². The van der Waals surface area contributed by atoms with Gasteiger partial charge in [0, 0.05) is 0 Å². The first kappa shape index (κ1) is 22.4. The first-order valence-corrected chi connectivity index (χ1v) is 2.37. The summed E-state index contributed by atoms with van der Waals surface area (Å²) in [5.41, 5.74) is 0. The van der Waals surface area contributed by atoms with Crippen LogP contribution < -0.4 is 0 Å². The first-order valence-electron chi connectivity index (χ1n) is 2.37. The van der Waals surface area contributed by atoms with Crippen molar-refractivity contribution in [1.29, 1.82) is 0 Å². The molecule has 66 valence electrons. The van der Waals surface area contributed by atoms with Crippen LogP contribution in [0.4, 0.5) is 0 Å². The van der Waals surface area contributed by atoms with Gasteiger partial charge in [-0.05, 0) is 0 Å². The quantitative estimate of drug-likeness (QED) is 0.667. The van der Waals surface area contributed by atoms with Crippen molar-refractivity contribution in [3.8, 4) is 0 Å². The molecule has 0 aliphatic rings. The molecule has 1 aromatic rings. The Morgan fingerprint density at radius 3 is 1.55 bits per heavy atom. The molecule has 1 aromatic carbocycles. The summed E-state index contributed by atoms with van der Waals surface area (Å²) in [6.45, 7) is 1.32. The molecule has 0 bridgehead atoms. The molecule has 0 aromatic heterocycles. The van der Waals surface area contributed by atoms with Gasteiger partial charge >= 0.3 is 21.1 Å². The third-order valence-corrected chi connectivity index (χ3v) is 0.556. The molecule has 2 heteroatoms. The molecule has 0 amide bonds. The largest absolute Gasteiger partial charge is 4.00 e. The molecule has 0 aliphatic heterocycles. The molecule has 0 heterocycles. The number of rotatable bonds is 0. The van der Waals surface area contributed by atoms with Gasteiger partial charge in [-0.1, -0.05) is 0 Å². The maximum atomic E-state index is 8.68. The van der Waals surface area contributed by atoms with Gasteiger partial charge in [-0.2, -0.15) is 25.1 Å². The summed E-state index contributed by atoms with van der Waals surface area (Å²) < 4.78 is 0. The predicted molar refractivity (Wildman–Crippen MR) is 46.2 cm³/mol. The Bertz CT molecular complexity index is 95.9. The Kier molecular flexibility index (Phi) is 46.1. The summed E-state index contributed by atoms with van der Waals surface area (Å²) >= 11 is 0. The third-order valence-electron chi connectivity index (χ3n) is 0.556. The fourth-order valence-corrected chi connectivity index (χ4v) is 0.321. The molecule has 11 heavy (non-hydrogen) atoms. The monoisotopic (exact) mass is 333 g/mol. The minimum Gasteiger partial charge on any atom is -0.542 e. The molecule has 0 atom stereocenters. The summed E-state index contributed by atoms with van der Waals surface area (Å²) in [5, 5.41) is 0. The first-order chi connectivity index (χ1) is 3.91. The van der Waals surface area contributed by atoms with E-state index in [0.717, 1.165) is 0 Å². The molecule has 0 aliphatic carbocycles. The smallest absolute Gasteiger partial charge is 0.542 e. The van der Waals surface area contributed by atoms with Gasteiger partial charge in [0.15, 0.2) is 0 Å². The number of carbonyl (C=O) groups excluding carboxylic acids is 1. The van der Waals surface area contributed by atoms with Crippen LogP contribution in [0, 0.1) is 14.9 Å². The van der Waals surface area contributed by atoms with E-state index in [2.05, 4.69) is 0 Å². The molecule has 0 unspecified atom stereocenters. The summed E-state index contributed by atoms with van der Waals surface area (Å²) in [5.74, 6) is 0. The maximum absolute atomic E-state index is 8.68. The Morgan fingerprint density at radius 1 is 1.18 bits per heavy atom. The van der Waals surface area contributed by atoms with E-state index >= 15 is 0 Å². The normalized spacial score (nSPS) is 4.82. The van der Waals surface area contributed by atoms with Crippen LogP contribution in [0.2, 0.25) is 0 Å². The fraction of sp³-hybridized carbons (Fsp3) is 0.111. The van der Waals surface area contributed by atoms with Crippen LogP contribution in [0.25, 0.3) is 0 Å². The molecule has 0 saturated heterocycles. The molecule has 0 fully saturated rings. The summed E-state index contributed by atoms with van der Waals surface area (Å²) in [7, 11) is 0. The Hall–Kier alpha value is -0.292. The summed E-state index contributed by atoms with van der Waals surface area (Å²) in [4.78, 5) is 8.68. The standard InChI is InChI=1S/C5H5.C2H3O.2CH3.Pt/c1-2-4-5-3-1;1-2-3;;;/h1-5H;1H3;2*1H3;/q4*-1;+4. The van der Waals surface area contributed by atoms with Crippen molar-refractivity contribution in [2.45, 2.75) is 6.92 Å². The topological polar surface area (TPSA) is 17.1 Å². The van der Waals surface area contributed by atoms with Gasteiger partial charge in [0.25, 0.3) is 0 Å². The van der Waals surface area contributed by atoms with Crippen LogP contribution in [0.15, 0.2) is 30.3 Å². The van der Waals surface area contributed by atoms with Crippen LogP contribution in [0.3, 0.4) is 0 Å². The SMILES string of the molecule is C[C-]=O.[CH3-].[CH3-].[Pt+4].c1cc[cH-]c1. The summed E-state index contributed by atoms with van der Waals surface area (Å²) in [6, 6.07) is 10.0. The number of hydrogen-bond acceptors (Lipinski definition) is 1. The Balaban J connectivity index is -0.0000000379. The van der Waals surface area contributed by atoms with Crippen LogP contribution in [0.1, 0.15) is 6.92 Å². The second-order valence-corrected chi connectivity index (χ2v) is 1.17. The molecule has 0 saturated carbocycles. The average Bonchev–Trinajstić information content (AvgIpc) is 2.17. The third kappa shape index (κ3) is 26.0. The van der Waals surface area contributed by atoms with E-state index in [-0.39, 0.29) is 35.9 Å². The van der Waals surface area contributed by atoms with Gasteiger partial charge in [0.05, 0.1) is 0 Å². The van der Waals surface area contributed by atoms with Crippen LogP contribution in [-0.4, -0.2) is 6.29 Å². The van der Waals surface area contributed by atoms with E-state index < -0.39 is 0 Å². The van der Waals surface area contributed by atoms with Crippen molar-refractivity contribution < 1.29 is 25.9 Å². The molecular formula is C9H14OPt. The van der Waals surface area contributed by atoms with E-state index in [1.807, 2.05) is 30.3 Å². The zero-order valence-electron chi connectivity index (χ0n) is 7.11. The Morgan fingerprint density at radius 2 is 1.45 bits per heavy atom. The minimum absolute atomic E-state index is 0. The van der Waals surface area contributed by atoms with Crippen LogP contribution >= 0.6 is 0 Å². The second-order valence-electron chi connectivity index (χ2n) is 1.17. The van der Waals surface area contributed by atoms with Crippen molar-refractivity contribution in [3.05, 3.63) is 45.2 Å². The predicted octanol–water partition coefficient (Wildman–Crippen LogP) is 2.42. The van der Waals surface area contributed by atoms with Gasteiger partial charge in [-0.3, -0.25) is 6.29 Å². The average molecular weight is 333 g/mol. The van der Waals surface area contributed by atoms with E-state index in [4.69, 9.17) is 4.79 Å². The fourth-order valence-electron chi connectivity index (χ4n) is 0.321. The van der Waals surface area contributed by atoms with E-state index in [0.29, 0.717) is 0 Å². The zero-order chi connectivity index (χ0) is 6.24. The van der Waals surface area contributed by atoms with Crippen molar-refractivity contribution in [2.75, 3.05) is 0 Å². The van der Waals surface area contributed by atoms with Gasteiger partial charge < -0.3 is 19.6 Å². The summed E-state index contributed by atoms with van der Waals surface area (Å²) in [6.07, 6.45) is 1.50. The van der Waals surface area contributed by atoms with Gasteiger partial charge in [-0.15, -0.1) is 0 Å². The molecular weight excluding hydrogens is 319 g/mol. The van der Waals surface area contributed by atoms with E-state index in [9.17, 15) is 0 Å². The van der Waals surface area contributed by atoms with Crippen molar-refractivity contribution in [1.82, 2.24) is 0 Å². The minimum atomic E-state index is 0. The maximum Gasteiger partial charge on any atom is 4.00 e. The molecule has 1 nitrogen and oxygen atoms in total. The molecule has 0 radical (unpaired) electrons. The van der Waals surface area contributed by atoms with Crippen molar-refractivity contribution in [3.63, 3.8) is 0 Å².